The van der Waals surface area contributed by atoms with Gasteiger partial charge in [-0.3, -0.25) is 14.4 Å². The highest BCUT2D eigenvalue weighted by Crippen LogP contribution is 2.21. The van der Waals surface area contributed by atoms with Crippen molar-refractivity contribution >= 4 is 11.9 Å². The molecule has 0 spiro atoms. The van der Waals surface area contributed by atoms with Crippen LogP contribution in [0.3, 0.4) is 0 Å². The van der Waals surface area contributed by atoms with E-state index in [0.717, 1.165) is 0 Å². The normalized spacial score (nSPS) is 9.88. The Balaban J connectivity index is 4.70. The zero-order valence-electron chi connectivity index (χ0n) is 9.86. The van der Waals surface area contributed by atoms with Crippen molar-refractivity contribution < 1.29 is 19.1 Å². The van der Waals surface area contributed by atoms with E-state index in [1.807, 2.05) is 0 Å². The molecule has 6 heteroatoms. The average molecular weight is 238 g/mol. The smallest absolute Gasteiger partial charge is 0.336 e. The highest BCUT2D eigenvalue weighted by atomic mass is 16.5. The number of esters is 2. The van der Waals surface area contributed by atoms with Gasteiger partial charge < -0.3 is 9.47 Å². The molecule has 0 aliphatic carbocycles. The van der Waals surface area contributed by atoms with Crippen LogP contribution < -0.4 is 0 Å². The molecule has 92 valence electrons. The summed E-state index contributed by atoms with van der Waals surface area (Å²) < 4.78 is 9.31. The Hall–Kier alpha value is -2.08. The molecule has 6 nitrogen and oxygen atoms in total. The third-order valence-corrected chi connectivity index (χ3v) is 1.91. The molecule has 0 aromatic heterocycles. The monoisotopic (exact) mass is 238 g/mol. The van der Waals surface area contributed by atoms with Crippen LogP contribution in [0.15, 0.2) is 0 Å². The molecule has 0 aromatic carbocycles. The van der Waals surface area contributed by atoms with E-state index in [1.54, 1.807) is 19.9 Å². The fourth-order valence-corrected chi connectivity index (χ4v) is 1.15. The minimum Gasteiger partial charge on any atom is -0.466 e. The number of nitriles is 1. The van der Waals surface area contributed by atoms with E-state index >= 15 is 0 Å². The maximum absolute atomic E-state index is 11.2. The van der Waals surface area contributed by atoms with Crippen LogP contribution >= 0.6 is 0 Å². The molecule has 0 heterocycles. The molecule has 0 aliphatic rings. The molecule has 0 amide bonds. The van der Waals surface area contributed by atoms with Crippen molar-refractivity contribution in [3.63, 3.8) is 0 Å². The maximum atomic E-state index is 11.2. The summed E-state index contributed by atoms with van der Waals surface area (Å²) in [6.07, 6.45) is -0.862. The molecule has 0 aromatic rings. The molecule has 0 atom stereocenters. The van der Waals surface area contributed by atoms with E-state index < -0.39 is 30.3 Å². The number of nitrogens with zero attached hydrogens (tertiary/aromatic N) is 2. The Labute approximate surface area is 99.9 Å². The highest BCUT2D eigenvalue weighted by molar-refractivity contribution is 5.77. The summed E-state index contributed by atoms with van der Waals surface area (Å²) >= 11 is 0. The lowest BCUT2D eigenvalue weighted by Crippen LogP contribution is -2.31. The largest absolute Gasteiger partial charge is 0.466 e. The summed E-state index contributed by atoms with van der Waals surface area (Å²) in [5.74, 6) is -1.34. The lowest BCUT2D eigenvalue weighted by atomic mass is 9.94. The molecule has 0 saturated carbocycles. The van der Waals surface area contributed by atoms with Gasteiger partial charge in [-0.15, -0.1) is 0 Å². The fourth-order valence-electron chi connectivity index (χ4n) is 1.15. The van der Waals surface area contributed by atoms with Crippen LogP contribution in [0.5, 0.6) is 0 Å². The van der Waals surface area contributed by atoms with Crippen LogP contribution in [-0.4, -0.2) is 30.7 Å². The van der Waals surface area contributed by atoms with E-state index in [0.29, 0.717) is 0 Å². The van der Waals surface area contributed by atoms with Gasteiger partial charge in [0.25, 0.3) is 0 Å². The molecular formula is C11H14N2O4. The average Bonchev–Trinajstić information content (AvgIpc) is 2.28. The van der Waals surface area contributed by atoms with Crippen LogP contribution in [0.2, 0.25) is 0 Å². The summed E-state index contributed by atoms with van der Waals surface area (Å²) in [6, 6.07) is 1.69. The molecule has 0 bridgehead atoms. The van der Waals surface area contributed by atoms with E-state index in [2.05, 4.69) is 14.3 Å². The Morgan fingerprint density at radius 1 is 1.24 bits per heavy atom. The molecule has 17 heavy (non-hydrogen) atoms. The fraction of sp³-hybridized carbons (Fsp3) is 0.636. The Bertz CT molecular complexity index is 329. The molecule has 0 fully saturated rings. The van der Waals surface area contributed by atoms with Crippen LogP contribution in [0.4, 0.5) is 0 Å². The van der Waals surface area contributed by atoms with Gasteiger partial charge in [-0.05, 0) is 13.8 Å². The first-order valence-corrected chi connectivity index (χ1v) is 5.14. The van der Waals surface area contributed by atoms with Gasteiger partial charge in [0.15, 0.2) is 6.07 Å². The zero-order valence-corrected chi connectivity index (χ0v) is 9.86. The van der Waals surface area contributed by atoms with Crippen molar-refractivity contribution in [2.45, 2.75) is 32.2 Å². The van der Waals surface area contributed by atoms with Crippen molar-refractivity contribution in [3.05, 3.63) is 11.4 Å². The number of carbonyl (C=O) groups is 2. The third kappa shape index (κ3) is 4.98. The molecular weight excluding hydrogens is 224 g/mol. The topological polar surface area (TPSA) is 80.8 Å². The number of carbonyl (C=O) groups excluding carboxylic acids is 2. The summed E-state index contributed by atoms with van der Waals surface area (Å²) in [7, 11) is 0. The first-order chi connectivity index (χ1) is 8.03. The molecule has 0 rings (SSSR count). The van der Waals surface area contributed by atoms with Gasteiger partial charge >= 0.3 is 17.5 Å². The van der Waals surface area contributed by atoms with Gasteiger partial charge in [-0.2, -0.15) is 5.26 Å². The lowest BCUT2D eigenvalue weighted by molar-refractivity contribution is -0.146. The van der Waals surface area contributed by atoms with E-state index in [9.17, 15) is 9.59 Å². The van der Waals surface area contributed by atoms with Crippen molar-refractivity contribution in [2.75, 3.05) is 13.2 Å². The van der Waals surface area contributed by atoms with Crippen molar-refractivity contribution in [1.29, 1.82) is 5.26 Å². The van der Waals surface area contributed by atoms with Crippen molar-refractivity contribution in [1.82, 2.24) is 0 Å². The molecule has 0 N–H and O–H groups in total. The Morgan fingerprint density at radius 2 is 1.65 bits per heavy atom. The quantitative estimate of drug-likeness (QED) is 0.510. The first kappa shape index (κ1) is 14.9. The van der Waals surface area contributed by atoms with Gasteiger partial charge in [0.05, 0.1) is 13.2 Å². The molecule has 0 saturated heterocycles. The second-order valence-corrected chi connectivity index (χ2v) is 3.22. The summed E-state index contributed by atoms with van der Waals surface area (Å²) in [5, 5.41) is 8.93. The SMILES string of the molecule is [C-]#[N+]C(C#N)(CC(=O)OCC)CC(=O)OCC. The van der Waals surface area contributed by atoms with Crippen molar-refractivity contribution in [2.24, 2.45) is 0 Å². The number of ether oxygens (including phenoxy) is 2. The second-order valence-electron chi connectivity index (χ2n) is 3.22. The van der Waals surface area contributed by atoms with E-state index in [4.69, 9.17) is 11.8 Å². The highest BCUT2D eigenvalue weighted by Gasteiger charge is 2.43. The van der Waals surface area contributed by atoms with Crippen LogP contribution in [-0.2, 0) is 19.1 Å². The Morgan fingerprint density at radius 3 is 1.88 bits per heavy atom. The van der Waals surface area contributed by atoms with Gasteiger partial charge in [0.2, 0.25) is 0 Å². The van der Waals surface area contributed by atoms with E-state index in [-0.39, 0.29) is 13.2 Å². The first-order valence-electron chi connectivity index (χ1n) is 5.14. The van der Waals surface area contributed by atoms with Crippen LogP contribution in [0, 0.1) is 17.9 Å². The molecule has 0 radical (unpaired) electrons. The lowest BCUT2D eigenvalue weighted by Gasteiger charge is -2.12. The van der Waals surface area contributed by atoms with Gasteiger partial charge in [0, 0.05) is 0 Å². The van der Waals surface area contributed by atoms with Gasteiger partial charge in [-0.25, -0.2) is 6.57 Å². The second kappa shape index (κ2) is 7.24. The maximum Gasteiger partial charge on any atom is 0.336 e. The van der Waals surface area contributed by atoms with Crippen molar-refractivity contribution in [3.8, 4) is 6.07 Å². The van der Waals surface area contributed by atoms with Gasteiger partial charge in [0.1, 0.15) is 12.8 Å². The van der Waals surface area contributed by atoms with Gasteiger partial charge in [-0.1, -0.05) is 0 Å². The van der Waals surface area contributed by atoms with Crippen LogP contribution in [0.1, 0.15) is 26.7 Å². The predicted octanol–water partition coefficient (Wildman–Crippen LogP) is 1.07. The van der Waals surface area contributed by atoms with E-state index in [1.165, 1.54) is 0 Å². The third-order valence-electron chi connectivity index (χ3n) is 1.91. The molecule has 0 unspecified atom stereocenters. The predicted molar refractivity (Wildman–Crippen MR) is 57.4 cm³/mol. The zero-order chi connectivity index (χ0) is 13.3. The van der Waals surface area contributed by atoms with Crippen LogP contribution in [0.25, 0.3) is 4.85 Å². The summed E-state index contributed by atoms with van der Waals surface area (Å²) in [5.41, 5.74) is -1.72. The standard InChI is InChI=1S/C11H14N2O4/c1-4-16-9(14)6-11(8-12,13-3)7-10(15)17-5-2/h4-7H2,1-2H3. The number of hydrogen-bond acceptors (Lipinski definition) is 5. The minimum atomic E-state index is -1.72. The molecule has 0 aliphatic heterocycles. The summed E-state index contributed by atoms with van der Waals surface area (Å²) in [6.45, 7) is 10.5. The summed E-state index contributed by atoms with van der Waals surface area (Å²) in [4.78, 5) is 25.6. The number of hydrogen-bond donors (Lipinski definition) is 0. The Kier molecular flexibility index (Phi) is 6.35. The number of rotatable bonds is 6. The minimum absolute atomic E-state index is 0.164.